The molecular weight excluding hydrogens is 252 g/mol. The van der Waals surface area contributed by atoms with Crippen LogP contribution in [0.4, 0.5) is 0 Å². The highest BCUT2D eigenvalue weighted by atomic mass is 32.1. The van der Waals surface area contributed by atoms with Crippen molar-refractivity contribution >= 4 is 11.3 Å². The average molecular weight is 274 g/mol. The Bertz CT molecular complexity index is 490. The summed E-state index contributed by atoms with van der Waals surface area (Å²) in [5.41, 5.74) is 8.78. The van der Waals surface area contributed by atoms with Gasteiger partial charge in [-0.05, 0) is 37.9 Å². The van der Waals surface area contributed by atoms with E-state index in [1.54, 1.807) is 11.3 Å². The molecule has 102 valence electrons. The fourth-order valence-corrected chi connectivity index (χ4v) is 2.98. The van der Waals surface area contributed by atoms with Crippen molar-refractivity contribution in [3.63, 3.8) is 0 Å². The summed E-state index contributed by atoms with van der Waals surface area (Å²) >= 11 is 1.80. The second-order valence-corrected chi connectivity index (χ2v) is 6.13. The monoisotopic (exact) mass is 274 g/mol. The van der Waals surface area contributed by atoms with Crippen molar-refractivity contribution in [1.82, 2.24) is 4.90 Å². The largest absolute Gasteiger partial charge is 0.323 e. The Morgan fingerprint density at radius 1 is 1.21 bits per heavy atom. The Labute approximate surface area is 119 Å². The van der Waals surface area contributed by atoms with E-state index in [9.17, 15) is 0 Å². The molecule has 2 unspecified atom stereocenters. The van der Waals surface area contributed by atoms with Crippen LogP contribution in [0.5, 0.6) is 0 Å². The molecule has 2 aromatic rings. The maximum absolute atomic E-state index is 6.30. The van der Waals surface area contributed by atoms with Gasteiger partial charge < -0.3 is 5.73 Å². The highest BCUT2D eigenvalue weighted by Crippen LogP contribution is 2.24. The smallest absolute Gasteiger partial charge is 0.0424 e. The molecule has 0 saturated heterocycles. The molecular formula is C16H22N2S. The van der Waals surface area contributed by atoms with Gasteiger partial charge in [0.05, 0.1) is 0 Å². The average Bonchev–Trinajstić information content (AvgIpc) is 2.92. The van der Waals surface area contributed by atoms with Gasteiger partial charge in [-0.1, -0.05) is 35.9 Å². The van der Waals surface area contributed by atoms with Crippen LogP contribution >= 0.6 is 11.3 Å². The topological polar surface area (TPSA) is 29.3 Å². The van der Waals surface area contributed by atoms with E-state index in [-0.39, 0.29) is 6.04 Å². The summed E-state index contributed by atoms with van der Waals surface area (Å²) in [4.78, 5) is 3.70. The van der Waals surface area contributed by atoms with Crippen molar-refractivity contribution in [1.29, 1.82) is 0 Å². The molecule has 0 bridgehead atoms. The van der Waals surface area contributed by atoms with Crippen LogP contribution in [0.2, 0.25) is 0 Å². The van der Waals surface area contributed by atoms with Crippen molar-refractivity contribution in [3.05, 3.63) is 57.8 Å². The highest BCUT2D eigenvalue weighted by Gasteiger charge is 2.16. The molecule has 2 atom stereocenters. The Kier molecular flexibility index (Phi) is 4.75. The Morgan fingerprint density at radius 3 is 2.47 bits per heavy atom. The first-order valence-electron chi connectivity index (χ1n) is 6.63. The van der Waals surface area contributed by atoms with Crippen molar-refractivity contribution in [2.45, 2.75) is 25.9 Å². The molecule has 0 radical (unpaired) electrons. The number of likely N-dealkylation sites (N-methyl/N-ethyl adjacent to an activating group) is 1. The fourth-order valence-electron chi connectivity index (χ4n) is 2.13. The van der Waals surface area contributed by atoms with Crippen LogP contribution in [-0.4, -0.2) is 18.5 Å². The molecule has 1 aromatic heterocycles. The molecule has 3 heteroatoms. The minimum absolute atomic E-state index is 0.0630. The van der Waals surface area contributed by atoms with Gasteiger partial charge in [0.1, 0.15) is 0 Å². The van der Waals surface area contributed by atoms with Gasteiger partial charge in [0, 0.05) is 23.5 Å². The van der Waals surface area contributed by atoms with Crippen molar-refractivity contribution in [3.8, 4) is 0 Å². The summed E-state index contributed by atoms with van der Waals surface area (Å²) in [5, 5.41) is 2.12. The van der Waals surface area contributed by atoms with Crippen molar-refractivity contribution in [2.75, 3.05) is 13.6 Å². The summed E-state index contributed by atoms with van der Waals surface area (Å²) < 4.78 is 0. The first kappa shape index (κ1) is 14.3. The third-order valence-electron chi connectivity index (χ3n) is 3.61. The van der Waals surface area contributed by atoms with Gasteiger partial charge in [0.25, 0.3) is 0 Å². The molecule has 0 aliphatic heterocycles. The lowest BCUT2D eigenvalue weighted by molar-refractivity contribution is 0.249. The van der Waals surface area contributed by atoms with E-state index in [1.165, 1.54) is 16.0 Å². The van der Waals surface area contributed by atoms with Crippen LogP contribution in [-0.2, 0) is 0 Å². The molecule has 0 spiro atoms. The zero-order chi connectivity index (χ0) is 13.8. The Balaban J connectivity index is 1.98. The zero-order valence-corrected chi connectivity index (χ0v) is 12.7. The second-order valence-electron chi connectivity index (χ2n) is 5.15. The van der Waals surface area contributed by atoms with Crippen LogP contribution in [0.1, 0.15) is 35.0 Å². The Morgan fingerprint density at radius 2 is 1.89 bits per heavy atom. The van der Waals surface area contributed by atoms with Crippen LogP contribution in [0, 0.1) is 6.92 Å². The van der Waals surface area contributed by atoms with E-state index in [0.29, 0.717) is 6.04 Å². The third-order valence-corrected chi connectivity index (χ3v) is 4.65. The first-order valence-corrected chi connectivity index (χ1v) is 7.51. The molecule has 0 aliphatic carbocycles. The molecule has 1 aromatic carbocycles. The van der Waals surface area contributed by atoms with E-state index in [2.05, 4.69) is 67.6 Å². The molecule has 2 N–H and O–H groups in total. The lowest BCUT2D eigenvalue weighted by Crippen LogP contribution is -2.30. The number of hydrogen-bond donors (Lipinski definition) is 1. The lowest BCUT2D eigenvalue weighted by Gasteiger charge is -2.27. The standard InChI is InChI=1S/C16H22N2S/c1-12-6-8-14(9-7-12)15(17)11-18(3)13(2)16-5-4-10-19-16/h4-10,13,15H,11,17H2,1-3H3. The summed E-state index contributed by atoms with van der Waals surface area (Å²) in [7, 11) is 2.14. The molecule has 2 rings (SSSR count). The number of nitrogens with two attached hydrogens (primary N) is 1. The SMILES string of the molecule is Cc1ccc(C(N)CN(C)C(C)c2cccs2)cc1. The molecule has 0 aliphatic rings. The molecule has 0 fully saturated rings. The molecule has 2 nitrogen and oxygen atoms in total. The number of hydrogen-bond acceptors (Lipinski definition) is 3. The summed E-state index contributed by atoms with van der Waals surface area (Å²) in [6, 6.07) is 13.3. The number of rotatable bonds is 5. The fraction of sp³-hybridized carbons (Fsp3) is 0.375. The Hall–Kier alpha value is -1.16. The summed E-state index contributed by atoms with van der Waals surface area (Å²) in [6.45, 7) is 5.19. The maximum Gasteiger partial charge on any atom is 0.0424 e. The third kappa shape index (κ3) is 3.66. The van der Waals surface area contributed by atoms with E-state index < -0.39 is 0 Å². The van der Waals surface area contributed by atoms with Crippen LogP contribution in [0.15, 0.2) is 41.8 Å². The number of benzene rings is 1. The minimum atomic E-state index is 0.0630. The normalized spacial score (nSPS) is 14.6. The van der Waals surface area contributed by atoms with Crippen LogP contribution < -0.4 is 5.73 Å². The van der Waals surface area contributed by atoms with Gasteiger partial charge in [-0.25, -0.2) is 0 Å². The number of nitrogens with zero attached hydrogens (tertiary/aromatic N) is 1. The van der Waals surface area contributed by atoms with E-state index >= 15 is 0 Å². The van der Waals surface area contributed by atoms with Gasteiger partial charge in [-0.15, -0.1) is 11.3 Å². The highest BCUT2D eigenvalue weighted by molar-refractivity contribution is 7.10. The molecule has 19 heavy (non-hydrogen) atoms. The van der Waals surface area contributed by atoms with Gasteiger partial charge in [-0.2, -0.15) is 0 Å². The van der Waals surface area contributed by atoms with Crippen LogP contribution in [0.3, 0.4) is 0 Å². The minimum Gasteiger partial charge on any atom is -0.323 e. The molecule has 1 heterocycles. The van der Waals surface area contributed by atoms with E-state index in [1.807, 2.05) is 0 Å². The van der Waals surface area contributed by atoms with Gasteiger partial charge in [0.15, 0.2) is 0 Å². The van der Waals surface area contributed by atoms with Crippen molar-refractivity contribution in [2.24, 2.45) is 5.73 Å². The molecule has 0 amide bonds. The quantitative estimate of drug-likeness (QED) is 0.899. The second kappa shape index (κ2) is 6.33. The number of thiophene rings is 1. The number of aryl methyl sites for hydroxylation is 1. The van der Waals surface area contributed by atoms with Gasteiger partial charge in [-0.3, -0.25) is 4.90 Å². The zero-order valence-electron chi connectivity index (χ0n) is 11.8. The first-order chi connectivity index (χ1) is 9.08. The molecule has 0 saturated carbocycles. The van der Waals surface area contributed by atoms with E-state index in [4.69, 9.17) is 5.73 Å². The van der Waals surface area contributed by atoms with Gasteiger partial charge >= 0.3 is 0 Å². The van der Waals surface area contributed by atoms with Crippen LogP contribution in [0.25, 0.3) is 0 Å². The van der Waals surface area contributed by atoms with Crippen molar-refractivity contribution < 1.29 is 0 Å². The summed E-state index contributed by atoms with van der Waals surface area (Å²) in [6.07, 6.45) is 0. The van der Waals surface area contributed by atoms with Gasteiger partial charge in [0.2, 0.25) is 0 Å². The maximum atomic E-state index is 6.30. The summed E-state index contributed by atoms with van der Waals surface area (Å²) in [5.74, 6) is 0. The predicted octanol–water partition coefficient (Wildman–Crippen LogP) is 3.75. The predicted molar refractivity (Wildman–Crippen MR) is 83.5 cm³/mol. The van der Waals surface area contributed by atoms with E-state index in [0.717, 1.165) is 6.54 Å². The lowest BCUT2D eigenvalue weighted by atomic mass is 10.0.